The first-order valence-electron chi connectivity index (χ1n) is 8.40. The number of likely N-dealkylation sites (tertiary alicyclic amines) is 1. The van der Waals surface area contributed by atoms with Crippen LogP contribution >= 0.6 is 0 Å². The topological polar surface area (TPSA) is 51.0 Å². The number of carbonyl (C=O) groups is 1. The molecule has 0 bridgehead atoms. The van der Waals surface area contributed by atoms with Gasteiger partial charge in [-0.15, -0.1) is 0 Å². The zero-order chi connectivity index (χ0) is 16.4. The third-order valence-corrected chi connectivity index (χ3v) is 4.49. The second-order valence-electron chi connectivity index (χ2n) is 6.37. The van der Waals surface area contributed by atoms with Gasteiger partial charge in [0, 0.05) is 25.5 Å². The minimum Gasteiger partial charge on any atom is -0.330 e. The van der Waals surface area contributed by atoms with Gasteiger partial charge in [-0.2, -0.15) is 5.10 Å². The van der Waals surface area contributed by atoms with E-state index in [1.165, 1.54) is 0 Å². The lowest BCUT2D eigenvalue weighted by molar-refractivity contribution is 0.0723. The summed E-state index contributed by atoms with van der Waals surface area (Å²) in [6, 6.07) is 6.07. The smallest absolute Gasteiger partial charge is 0.272 e. The molecule has 0 unspecified atom stereocenters. The molecule has 1 aliphatic heterocycles. The van der Waals surface area contributed by atoms with Crippen molar-refractivity contribution in [3.05, 3.63) is 47.5 Å². The average Bonchev–Trinajstić information content (AvgIpc) is 3.22. The Kier molecular flexibility index (Phi) is 4.46. The van der Waals surface area contributed by atoms with Gasteiger partial charge < -0.3 is 4.90 Å². The molecule has 1 aliphatic rings. The molecule has 3 heterocycles. The molecule has 2 aromatic rings. The second-order valence-corrected chi connectivity index (χ2v) is 6.37. The Morgan fingerprint density at radius 2 is 2.26 bits per heavy atom. The predicted molar refractivity (Wildman–Crippen MR) is 89.2 cm³/mol. The lowest BCUT2D eigenvalue weighted by atomic mass is 10.1. The van der Waals surface area contributed by atoms with E-state index in [9.17, 15) is 4.79 Å². The normalized spacial score (nSPS) is 17.9. The fourth-order valence-electron chi connectivity index (χ4n) is 3.21. The van der Waals surface area contributed by atoms with Gasteiger partial charge in [0.2, 0.25) is 0 Å². The highest BCUT2D eigenvalue weighted by Gasteiger charge is 2.32. The molecule has 0 aliphatic carbocycles. The van der Waals surface area contributed by atoms with Gasteiger partial charge in [0.05, 0.1) is 11.7 Å². The third kappa shape index (κ3) is 3.00. The van der Waals surface area contributed by atoms with Gasteiger partial charge in [-0.25, -0.2) is 0 Å². The molecule has 1 saturated heterocycles. The maximum atomic E-state index is 13.1. The van der Waals surface area contributed by atoms with Gasteiger partial charge in [-0.1, -0.05) is 19.9 Å². The molecule has 0 spiro atoms. The quantitative estimate of drug-likeness (QED) is 0.869. The largest absolute Gasteiger partial charge is 0.330 e. The predicted octanol–water partition coefficient (Wildman–Crippen LogP) is 3.40. The van der Waals surface area contributed by atoms with Crippen LogP contribution in [0.1, 0.15) is 67.3 Å². The number of pyridine rings is 1. The lowest BCUT2D eigenvalue weighted by Gasteiger charge is -2.25. The van der Waals surface area contributed by atoms with Crippen LogP contribution in [0, 0.1) is 0 Å². The first kappa shape index (κ1) is 15.7. The van der Waals surface area contributed by atoms with Crippen LogP contribution in [0.5, 0.6) is 0 Å². The number of hydrogen-bond acceptors (Lipinski definition) is 3. The summed E-state index contributed by atoms with van der Waals surface area (Å²) in [4.78, 5) is 19.3. The zero-order valence-corrected chi connectivity index (χ0v) is 14.1. The van der Waals surface area contributed by atoms with Crippen LogP contribution < -0.4 is 0 Å². The van der Waals surface area contributed by atoms with Crippen molar-refractivity contribution in [1.29, 1.82) is 0 Å². The van der Waals surface area contributed by atoms with E-state index in [0.29, 0.717) is 18.2 Å². The van der Waals surface area contributed by atoms with Crippen molar-refractivity contribution < 1.29 is 4.79 Å². The van der Waals surface area contributed by atoms with Gasteiger partial charge >= 0.3 is 0 Å². The number of aryl methyl sites for hydroxylation is 1. The lowest BCUT2D eigenvalue weighted by Crippen LogP contribution is -2.32. The number of aromatic nitrogens is 3. The van der Waals surface area contributed by atoms with E-state index in [1.807, 2.05) is 34.8 Å². The minimum absolute atomic E-state index is 0.0811. The van der Waals surface area contributed by atoms with E-state index in [4.69, 9.17) is 0 Å². The highest BCUT2D eigenvalue weighted by Crippen LogP contribution is 2.33. The summed E-state index contributed by atoms with van der Waals surface area (Å²) in [5, 5.41) is 4.58. The van der Waals surface area contributed by atoms with Crippen molar-refractivity contribution in [1.82, 2.24) is 19.7 Å². The summed E-state index contributed by atoms with van der Waals surface area (Å²) in [6.07, 6.45) is 5.66. The molecule has 3 rings (SSSR count). The fraction of sp³-hybridized carbons (Fsp3) is 0.500. The molecule has 0 N–H and O–H groups in total. The number of nitrogens with zero attached hydrogens (tertiary/aromatic N) is 4. The summed E-state index contributed by atoms with van der Waals surface area (Å²) in [5.74, 6) is 0.402. The highest BCUT2D eigenvalue weighted by molar-refractivity contribution is 5.93. The Labute approximate surface area is 137 Å². The Hall–Kier alpha value is -2.17. The molecular formula is C18H24N4O. The Morgan fingerprint density at radius 3 is 2.91 bits per heavy atom. The summed E-state index contributed by atoms with van der Waals surface area (Å²) >= 11 is 0. The molecule has 5 nitrogen and oxygen atoms in total. The van der Waals surface area contributed by atoms with Crippen molar-refractivity contribution in [3.63, 3.8) is 0 Å². The van der Waals surface area contributed by atoms with E-state index >= 15 is 0 Å². The van der Waals surface area contributed by atoms with Crippen LogP contribution in [-0.2, 0) is 6.54 Å². The van der Waals surface area contributed by atoms with Crippen LogP contribution in [0.15, 0.2) is 30.6 Å². The highest BCUT2D eigenvalue weighted by atomic mass is 16.2. The molecule has 23 heavy (non-hydrogen) atoms. The van der Waals surface area contributed by atoms with E-state index in [1.54, 1.807) is 6.20 Å². The van der Waals surface area contributed by atoms with Crippen LogP contribution in [0.2, 0.25) is 0 Å². The van der Waals surface area contributed by atoms with Crippen LogP contribution in [0.3, 0.4) is 0 Å². The molecule has 0 aromatic carbocycles. The van der Waals surface area contributed by atoms with Gasteiger partial charge in [-0.05, 0) is 43.4 Å². The number of carbonyl (C=O) groups excluding carboxylic acids is 1. The average molecular weight is 312 g/mol. The number of rotatable bonds is 4. The Balaban J connectivity index is 1.90. The second kappa shape index (κ2) is 6.52. The Morgan fingerprint density at radius 1 is 1.43 bits per heavy atom. The summed E-state index contributed by atoms with van der Waals surface area (Å²) in [7, 11) is 0. The SMILES string of the molecule is CCn1nc(C(C)C)cc1C(=O)N1CCC[C@H]1c1cccnc1. The maximum Gasteiger partial charge on any atom is 0.272 e. The zero-order valence-electron chi connectivity index (χ0n) is 14.1. The van der Waals surface area contributed by atoms with Crippen LogP contribution in [0.4, 0.5) is 0 Å². The Bertz CT molecular complexity index is 678. The van der Waals surface area contributed by atoms with Crippen molar-refractivity contribution in [2.45, 2.75) is 52.1 Å². The van der Waals surface area contributed by atoms with E-state index in [0.717, 1.165) is 30.6 Å². The van der Waals surface area contributed by atoms with Gasteiger partial charge in [0.15, 0.2) is 0 Å². The summed E-state index contributed by atoms with van der Waals surface area (Å²) in [6.45, 7) is 7.73. The molecule has 0 radical (unpaired) electrons. The molecule has 2 aromatic heterocycles. The molecule has 1 fully saturated rings. The molecule has 1 amide bonds. The molecule has 0 saturated carbocycles. The summed E-state index contributed by atoms with van der Waals surface area (Å²) in [5.41, 5.74) is 2.80. The van der Waals surface area contributed by atoms with Crippen molar-refractivity contribution >= 4 is 5.91 Å². The van der Waals surface area contributed by atoms with Crippen LogP contribution in [-0.4, -0.2) is 32.1 Å². The van der Waals surface area contributed by atoms with Gasteiger partial charge in [0.1, 0.15) is 5.69 Å². The molecule has 122 valence electrons. The summed E-state index contributed by atoms with van der Waals surface area (Å²) < 4.78 is 1.83. The third-order valence-electron chi connectivity index (χ3n) is 4.49. The number of amides is 1. The molecular weight excluding hydrogens is 288 g/mol. The minimum atomic E-state index is 0.0811. The van der Waals surface area contributed by atoms with E-state index in [-0.39, 0.29) is 11.9 Å². The van der Waals surface area contributed by atoms with Crippen molar-refractivity contribution in [2.24, 2.45) is 0 Å². The van der Waals surface area contributed by atoms with Crippen LogP contribution in [0.25, 0.3) is 0 Å². The van der Waals surface area contributed by atoms with Gasteiger partial charge in [-0.3, -0.25) is 14.5 Å². The van der Waals surface area contributed by atoms with Crippen molar-refractivity contribution in [2.75, 3.05) is 6.54 Å². The first-order chi connectivity index (χ1) is 11.1. The molecule has 1 atom stereocenters. The van der Waals surface area contributed by atoms with Crippen molar-refractivity contribution in [3.8, 4) is 0 Å². The van der Waals surface area contributed by atoms with E-state index in [2.05, 4.69) is 30.0 Å². The monoisotopic (exact) mass is 312 g/mol. The molecule has 5 heteroatoms. The maximum absolute atomic E-state index is 13.1. The number of hydrogen-bond donors (Lipinski definition) is 0. The van der Waals surface area contributed by atoms with E-state index < -0.39 is 0 Å². The standard InChI is InChI=1S/C18H24N4O/c1-4-22-17(11-15(20-22)13(2)3)18(23)21-10-6-8-16(21)14-7-5-9-19-12-14/h5,7,9,11-13,16H,4,6,8,10H2,1-3H3/t16-/m0/s1. The first-order valence-corrected chi connectivity index (χ1v) is 8.40. The van der Waals surface area contributed by atoms with Gasteiger partial charge in [0.25, 0.3) is 5.91 Å². The fourth-order valence-corrected chi connectivity index (χ4v) is 3.21.